The lowest BCUT2D eigenvalue weighted by Gasteiger charge is -2.10. The number of amides is 1. The van der Waals surface area contributed by atoms with E-state index in [-0.39, 0.29) is 12.5 Å². The second-order valence-corrected chi connectivity index (χ2v) is 5.45. The Labute approximate surface area is 139 Å². The predicted molar refractivity (Wildman–Crippen MR) is 92.7 cm³/mol. The topological polar surface area (TPSA) is 76.1 Å². The molecule has 3 rings (SSSR count). The van der Waals surface area contributed by atoms with E-state index in [1.807, 2.05) is 62.4 Å². The SMILES string of the molecule is Cc1cc(C)nc(NNC(=O)COc2ccc3ccccc3c2)n1. The van der Waals surface area contributed by atoms with Crippen LogP contribution in [0, 0.1) is 13.8 Å². The van der Waals surface area contributed by atoms with Crippen molar-refractivity contribution in [1.82, 2.24) is 15.4 Å². The first-order valence-corrected chi connectivity index (χ1v) is 7.59. The van der Waals surface area contributed by atoms with Gasteiger partial charge in [0.1, 0.15) is 5.75 Å². The molecule has 0 fully saturated rings. The van der Waals surface area contributed by atoms with E-state index in [2.05, 4.69) is 20.8 Å². The van der Waals surface area contributed by atoms with Gasteiger partial charge in [0, 0.05) is 11.4 Å². The lowest BCUT2D eigenvalue weighted by Crippen LogP contribution is -2.34. The average Bonchev–Trinajstić information content (AvgIpc) is 2.57. The van der Waals surface area contributed by atoms with Crippen LogP contribution in [0.5, 0.6) is 5.75 Å². The molecule has 0 unspecified atom stereocenters. The third-order valence-corrected chi connectivity index (χ3v) is 3.39. The van der Waals surface area contributed by atoms with Crippen LogP contribution in [0.15, 0.2) is 48.5 Å². The number of nitrogens with zero attached hydrogens (tertiary/aromatic N) is 2. The normalized spacial score (nSPS) is 10.4. The molecule has 1 heterocycles. The van der Waals surface area contributed by atoms with Gasteiger partial charge in [-0.3, -0.25) is 15.6 Å². The van der Waals surface area contributed by atoms with E-state index in [1.165, 1.54) is 0 Å². The highest BCUT2D eigenvalue weighted by Gasteiger charge is 2.05. The van der Waals surface area contributed by atoms with Crippen LogP contribution in [0.3, 0.4) is 0 Å². The van der Waals surface area contributed by atoms with E-state index < -0.39 is 0 Å². The standard InChI is InChI=1S/C18H18N4O2/c1-12-9-13(2)20-18(19-12)22-21-17(23)11-24-16-8-7-14-5-3-4-6-15(14)10-16/h3-10H,11H2,1-2H3,(H,21,23)(H,19,20,22). The Balaban J connectivity index is 1.54. The maximum atomic E-state index is 11.9. The highest BCUT2D eigenvalue weighted by molar-refractivity contribution is 5.84. The molecular weight excluding hydrogens is 304 g/mol. The summed E-state index contributed by atoms with van der Waals surface area (Å²) in [5.74, 6) is 0.684. The predicted octanol–water partition coefficient (Wildman–Crippen LogP) is 2.77. The summed E-state index contributed by atoms with van der Waals surface area (Å²) in [6.07, 6.45) is 0. The van der Waals surface area contributed by atoms with Crippen LogP contribution >= 0.6 is 0 Å². The number of nitrogens with one attached hydrogen (secondary N) is 2. The van der Waals surface area contributed by atoms with Crippen molar-refractivity contribution in [2.45, 2.75) is 13.8 Å². The first-order valence-electron chi connectivity index (χ1n) is 7.59. The van der Waals surface area contributed by atoms with Gasteiger partial charge in [-0.1, -0.05) is 30.3 Å². The number of hydrogen-bond acceptors (Lipinski definition) is 5. The summed E-state index contributed by atoms with van der Waals surface area (Å²) in [6.45, 7) is 3.63. The number of carbonyl (C=O) groups excluding carboxylic acids is 1. The van der Waals surface area contributed by atoms with Gasteiger partial charge in [0.2, 0.25) is 5.95 Å². The maximum absolute atomic E-state index is 11.9. The summed E-state index contributed by atoms with van der Waals surface area (Å²) in [4.78, 5) is 20.2. The van der Waals surface area contributed by atoms with Gasteiger partial charge >= 0.3 is 0 Å². The quantitative estimate of drug-likeness (QED) is 0.706. The number of aryl methyl sites for hydroxylation is 2. The molecule has 0 atom stereocenters. The van der Waals surface area contributed by atoms with E-state index in [9.17, 15) is 4.79 Å². The lowest BCUT2D eigenvalue weighted by atomic mass is 10.1. The molecule has 0 bridgehead atoms. The molecule has 0 radical (unpaired) electrons. The molecule has 24 heavy (non-hydrogen) atoms. The number of anilines is 1. The smallest absolute Gasteiger partial charge is 0.276 e. The highest BCUT2D eigenvalue weighted by atomic mass is 16.5. The largest absolute Gasteiger partial charge is 0.484 e. The number of hydrogen-bond donors (Lipinski definition) is 2. The molecule has 0 spiro atoms. The molecule has 0 aliphatic rings. The van der Waals surface area contributed by atoms with Crippen LogP contribution in [-0.2, 0) is 4.79 Å². The minimum absolute atomic E-state index is 0.101. The number of hydrazine groups is 1. The van der Waals surface area contributed by atoms with Crippen molar-refractivity contribution in [3.05, 3.63) is 59.9 Å². The van der Waals surface area contributed by atoms with E-state index in [4.69, 9.17) is 4.74 Å². The molecule has 0 aliphatic heterocycles. The molecule has 0 saturated heterocycles. The Morgan fingerprint density at radius 3 is 2.46 bits per heavy atom. The number of aromatic nitrogens is 2. The minimum Gasteiger partial charge on any atom is -0.484 e. The number of fused-ring (bicyclic) bond motifs is 1. The molecular formula is C18H18N4O2. The van der Waals surface area contributed by atoms with E-state index >= 15 is 0 Å². The van der Waals surface area contributed by atoms with Crippen molar-refractivity contribution in [2.75, 3.05) is 12.0 Å². The van der Waals surface area contributed by atoms with E-state index in [0.29, 0.717) is 11.7 Å². The van der Waals surface area contributed by atoms with Crippen molar-refractivity contribution in [1.29, 1.82) is 0 Å². The van der Waals surface area contributed by atoms with Gasteiger partial charge in [0.15, 0.2) is 6.61 Å². The third kappa shape index (κ3) is 3.98. The fourth-order valence-corrected chi connectivity index (χ4v) is 2.35. The molecule has 6 nitrogen and oxygen atoms in total. The average molecular weight is 322 g/mol. The van der Waals surface area contributed by atoms with Crippen molar-refractivity contribution in [3.8, 4) is 5.75 Å². The Hall–Kier alpha value is -3.15. The van der Waals surface area contributed by atoms with Gasteiger partial charge < -0.3 is 4.74 Å². The number of ether oxygens (including phenoxy) is 1. The van der Waals surface area contributed by atoms with Gasteiger partial charge in [-0.25, -0.2) is 9.97 Å². The summed E-state index contributed by atoms with van der Waals surface area (Å²) < 4.78 is 5.52. The minimum atomic E-state index is -0.314. The second-order valence-electron chi connectivity index (χ2n) is 5.45. The zero-order chi connectivity index (χ0) is 16.9. The Kier molecular flexibility index (Phi) is 4.56. The van der Waals surface area contributed by atoms with Crippen LogP contribution in [0.25, 0.3) is 10.8 Å². The highest BCUT2D eigenvalue weighted by Crippen LogP contribution is 2.20. The third-order valence-electron chi connectivity index (χ3n) is 3.39. The van der Waals surface area contributed by atoms with Crippen molar-refractivity contribution in [2.24, 2.45) is 0 Å². The second kappa shape index (κ2) is 6.95. The molecule has 1 aromatic heterocycles. The lowest BCUT2D eigenvalue weighted by molar-refractivity contribution is -0.122. The van der Waals surface area contributed by atoms with Gasteiger partial charge in [-0.15, -0.1) is 0 Å². The van der Waals surface area contributed by atoms with E-state index in [1.54, 1.807) is 0 Å². The molecule has 0 saturated carbocycles. The Morgan fingerprint density at radius 2 is 1.71 bits per heavy atom. The van der Waals surface area contributed by atoms with E-state index in [0.717, 1.165) is 22.2 Å². The summed E-state index contributed by atoms with van der Waals surface area (Å²) in [6, 6.07) is 15.5. The molecule has 0 aliphatic carbocycles. The first-order chi connectivity index (χ1) is 11.6. The number of rotatable bonds is 5. The van der Waals surface area contributed by atoms with Crippen LogP contribution in [0.4, 0.5) is 5.95 Å². The van der Waals surface area contributed by atoms with Crippen LogP contribution in [0.2, 0.25) is 0 Å². The summed E-state index contributed by atoms with van der Waals surface area (Å²) in [7, 11) is 0. The fraction of sp³-hybridized carbons (Fsp3) is 0.167. The molecule has 2 N–H and O–H groups in total. The van der Waals surface area contributed by atoms with Gasteiger partial charge in [-0.05, 0) is 42.8 Å². The monoisotopic (exact) mass is 322 g/mol. The van der Waals surface area contributed by atoms with Gasteiger partial charge in [0.05, 0.1) is 0 Å². The Bertz CT molecular complexity index is 860. The van der Waals surface area contributed by atoms with Crippen molar-refractivity contribution < 1.29 is 9.53 Å². The summed E-state index contributed by atoms with van der Waals surface area (Å²) in [5.41, 5.74) is 6.86. The van der Waals surface area contributed by atoms with Gasteiger partial charge in [-0.2, -0.15) is 0 Å². The molecule has 122 valence electrons. The van der Waals surface area contributed by atoms with Crippen molar-refractivity contribution >= 4 is 22.6 Å². The van der Waals surface area contributed by atoms with Crippen LogP contribution in [0.1, 0.15) is 11.4 Å². The summed E-state index contributed by atoms with van der Waals surface area (Å²) in [5, 5.41) is 2.19. The van der Waals surface area contributed by atoms with Crippen molar-refractivity contribution in [3.63, 3.8) is 0 Å². The number of carbonyl (C=O) groups is 1. The molecule has 6 heteroatoms. The molecule has 3 aromatic rings. The fourth-order valence-electron chi connectivity index (χ4n) is 2.35. The van der Waals surface area contributed by atoms with Crippen LogP contribution < -0.4 is 15.6 Å². The molecule has 2 aromatic carbocycles. The summed E-state index contributed by atoms with van der Waals surface area (Å²) >= 11 is 0. The van der Waals surface area contributed by atoms with Crippen LogP contribution in [-0.4, -0.2) is 22.5 Å². The Morgan fingerprint density at radius 1 is 1.00 bits per heavy atom. The zero-order valence-electron chi connectivity index (χ0n) is 13.5. The van der Waals surface area contributed by atoms with Gasteiger partial charge in [0.25, 0.3) is 5.91 Å². The number of benzene rings is 2. The zero-order valence-corrected chi connectivity index (χ0v) is 13.5. The first kappa shape index (κ1) is 15.7. The molecule has 1 amide bonds. The maximum Gasteiger partial charge on any atom is 0.276 e.